The molecule has 0 heterocycles. The van der Waals surface area contributed by atoms with E-state index < -0.39 is 11.9 Å². The van der Waals surface area contributed by atoms with Gasteiger partial charge in [-0.25, -0.2) is 0 Å². The van der Waals surface area contributed by atoms with Crippen LogP contribution in [0.25, 0.3) is 0 Å². The minimum absolute atomic E-state index is 0.403. The molecule has 3 nitrogen and oxygen atoms in total. The van der Waals surface area contributed by atoms with Gasteiger partial charge >= 0.3 is 0 Å². The number of carbonyl (C=O) groups is 1. The van der Waals surface area contributed by atoms with E-state index in [9.17, 15) is 4.79 Å². The van der Waals surface area contributed by atoms with Crippen LogP contribution in [0.1, 0.15) is 26.7 Å². The van der Waals surface area contributed by atoms with Gasteiger partial charge in [-0.1, -0.05) is 13.8 Å². The average molecular weight is 190 g/mol. The molecule has 1 amide bonds. The number of hydrogen-bond acceptors (Lipinski definition) is 3. The lowest BCUT2D eigenvalue weighted by molar-refractivity contribution is -0.119. The predicted molar refractivity (Wildman–Crippen MR) is 54.0 cm³/mol. The fourth-order valence-corrected chi connectivity index (χ4v) is 1.68. The molecular formula is C8H18N2OS. The van der Waals surface area contributed by atoms with Gasteiger partial charge in [-0.2, -0.15) is 11.8 Å². The Balaban J connectivity index is 3.37. The van der Waals surface area contributed by atoms with Crippen LogP contribution in [-0.2, 0) is 4.79 Å². The fraction of sp³-hybridized carbons (Fsp3) is 0.875. The topological polar surface area (TPSA) is 69.1 Å². The van der Waals surface area contributed by atoms with Crippen molar-refractivity contribution in [2.75, 3.05) is 5.75 Å². The highest BCUT2D eigenvalue weighted by Crippen LogP contribution is 2.14. The van der Waals surface area contributed by atoms with Gasteiger partial charge in [-0.05, 0) is 18.6 Å². The molecule has 0 aromatic rings. The Hall–Kier alpha value is -0.220. The van der Waals surface area contributed by atoms with Crippen molar-refractivity contribution < 1.29 is 4.79 Å². The molecule has 0 rings (SSSR count). The molecule has 2 atom stereocenters. The number of nitrogens with two attached hydrogens (primary N) is 2. The lowest BCUT2D eigenvalue weighted by Gasteiger charge is -2.10. The van der Waals surface area contributed by atoms with E-state index in [1.165, 1.54) is 0 Å². The van der Waals surface area contributed by atoms with Crippen molar-refractivity contribution in [1.29, 1.82) is 0 Å². The van der Waals surface area contributed by atoms with Crippen LogP contribution >= 0.6 is 11.8 Å². The van der Waals surface area contributed by atoms with Crippen LogP contribution in [0.2, 0.25) is 0 Å². The fourth-order valence-electron chi connectivity index (χ4n) is 0.656. The molecule has 72 valence electrons. The first-order valence-electron chi connectivity index (χ1n) is 4.24. The number of hydrogen-bond donors (Lipinski definition) is 2. The maximum Gasteiger partial charge on any atom is 0.234 e. The molecule has 4 N–H and O–H groups in total. The Morgan fingerprint density at radius 2 is 2.17 bits per heavy atom. The third kappa shape index (κ3) is 5.43. The van der Waals surface area contributed by atoms with E-state index in [1.807, 2.05) is 11.8 Å². The van der Waals surface area contributed by atoms with Gasteiger partial charge in [-0.3, -0.25) is 4.79 Å². The van der Waals surface area contributed by atoms with E-state index in [1.54, 1.807) is 0 Å². The third-order valence-corrected chi connectivity index (χ3v) is 3.15. The summed E-state index contributed by atoms with van der Waals surface area (Å²) in [6.07, 6.45) is 1.83. The Morgan fingerprint density at radius 3 is 2.58 bits per heavy atom. The molecule has 0 saturated carbocycles. The molecule has 0 aromatic heterocycles. The Morgan fingerprint density at radius 1 is 1.58 bits per heavy atom. The summed E-state index contributed by atoms with van der Waals surface area (Å²) in [5, 5.41) is 0.644. The van der Waals surface area contributed by atoms with Crippen molar-refractivity contribution in [3.63, 3.8) is 0 Å². The maximum atomic E-state index is 10.5. The largest absolute Gasteiger partial charge is 0.368 e. The summed E-state index contributed by atoms with van der Waals surface area (Å²) in [6, 6.07) is -0.471. The lowest BCUT2D eigenvalue weighted by Crippen LogP contribution is -2.36. The van der Waals surface area contributed by atoms with Gasteiger partial charge in [0.2, 0.25) is 5.91 Å². The van der Waals surface area contributed by atoms with E-state index >= 15 is 0 Å². The minimum Gasteiger partial charge on any atom is -0.368 e. The second-order valence-electron chi connectivity index (χ2n) is 2.89. The SMILES string of the molecule is CCC(C)SCCC(N)C(N)=O. The lowest BCUT2D eigenvalue weighted by atomic mass is 10.2. The Bertz CT molecular complexity index is 141. The summed E-state index contributed by atoms with van der Waals surface area (Å²) in [7, 11) is 0. The molecule has 0 radical (unpaired) electrons. The summed E-state index contributed by atoms with van der Waals surface area (Å²) >= 11 is 1.83. The van der Waals surface area contributed by atoms with E-state index in [4.69, 9.17) is 11.5 Å². The molecular weight excluding hydrogens is 172 g/mol. The molecule has 0 spiro atoms. The molecule has 0 aromatic carbocycles. The second kappa shape index (κ2) is 6.31. The zero-order valence-corrected chi connectivity index (χ0v) is 8.56. The molecule has 0 aliphatic carbocycles. The highest BCUT2D eigenvalue weighted by atomic mass is 32.2. The van der Waals surface area contributed by atoms with Gasteiger partial charge in [0.25, 0.3) is 0 Å². The predicted octanol–water partition coefficient (Wildman–Crippen LogP) is 0.721. The quantitative estimate of drug-likeness (QED) is 0.648. The molecule has 0 saturated heterocycles. The van der Waals surface area contributed by atoms with Crippen molar-refractivity contribution in [1.82, 2.24) is 0 Å². The first kappa shape index (κ1) is 11.8. The summed E-state index contributed by atoms with van der Waals surface area (Å²) in [5.74, 6) is 0.513. The number of amides is 1. The van der Waals surface area contributed by atoms with Crippen molar-refractivity contribution in [3.05, 3.63) is 0 Å². The standard InChI is InChI=1S/C8H18N2OS/c1-3-6(2)12-5-4-7(9)8(10)11/h6-7H,3-5,9H2,1-2H3,(H2,10,11). The maximum absolute atomic E-state index is 10.5. The van der Waals surface area contributed by atoms with E-state index in [-0.39, 0.29) is 0 Å². The van der Waals surface area contributed by atoms with E-state index in [2.05, 4.69) is 13.8 Å². The van der Waals surface area contributed by atoms with Crippen LogP contribution in [0.15, 0.2) is 0 Å². The van der Waals surface area contributed by atoms with Gasteiger partial charge in [0.05, 0.1) is 6.04 Å². The zero-order chi connectivity index (χ0) is 9.56. The van der Waals surface area contributed by atoms with Gasteiger partial charge in [0.15, 0.2) is 0 Å². The third-order valence-electron chi connectivity index (χ3n) is 1.77. The van der Waals surface area contributed by atoms with Crippen molar-refractivity contribution in [2.45, 2.75) is 38.0 Å². The summed E-state index contributed by atoms with van der Waals surface area (Å²) in [6.45, 7) is 4.31. The van der Waals surface area contributed by atoms with Crippen LogP contribution in [0.5, 0.6) is 0 Å². The molecule has 0 bridgehead atoms. The zero-order valence-electron chi connectivity index (χ0n) is 7.75. The van der Waals surface area contributed by atoms with Crippen LogP contribution in [0, 0.1) is 0 Å². The number of primary amides is 1. The highest BCUT2D eigenvalue weighted by molar-refractivity contribution is 7.99. The summed E-state index contributed by atoms with van der Waals surface area (Å²) in [5.41, 5.74) is 10.5. The Labute approximate surface area is 78.3 Å². The van der Waals surface area contributed by atoms with Crippen LogP contribution < -0.4 is 11.5 Å². The van der Waals surface area contributed by atoms with E-state index in [0.29, 0.717) is 11.7 Å². The smallest absolute Gasteiger partial charge is 0.234 e. The van der Waals surface area contributed by atoms with Gasteiger partial charge in [-0.15, -0.1) is 0 Å². The first-order valence-corrected chi connectivity index (χ1v) is 5.29. The van der Waals surface area contributed by atoms with Crippen LogP contribution in [0.3, 0.4) is 0 Å². The average Bonchev–Trinajstić information content (AvgIpc) is 2.03. The van der Waals surface area contributed by atoms with Crippen LogP contribution in [-0.4, -0.2) is 23.0 Å². The van der Waals surface area contributed by atoms with Gasteiger partial charge in [0, 0.05) is 5.25 Å². The summed E-state index contributed by atoms with van der Waals surface area (Å²) < 4.78 is 0. The summed E-state index contributed by atoms with van der Waals surface area (Å²) in [4.78, 5) is 10.5. The Kier molecular flexibility index (Phi) is 6.20. The molecule has 0 aliphatic rings. The molecule has 4 heteroatoms. The normalized spacial score (nSPS) is 15.6. The van der Waals surface area contributed by atoms with Crippen LogP contribution in [0.4, 0.5) is 0 Å². The molecule has 0 aliphatic heterocycles. The first-order chi connectivity index (χ1) is 5.57. The van der Waals surface area contributed by atoms with E-state index in [0.717, 1.165) is 12.2 Å². The molecule has 0 fully saturated rings. The second-order valence-corrected chi connectivity index (χ2v) is 4.43. The van der Waals surface area contributed by atoms with Crippen molar-refractivity contribution in [3.8, 4) is 0 Å². The molecule has 2 unspecified atom stereocenters. The van der Waals surface area contributed by atoms with Gasteiger partial charge in [0.1, 0.15) is 0 Å². The van der Waals surface area contributed by atoms with Crippen molar-refractivity contribution in [2.24, 2.45) is 11.5 Å². The van der Waals surface area contributed by atoms with Gasteiger partial charge < -0.3 is 11.5 Å². The van der Waals surface area contributed by atoms with Crippen molar-refractivity contribution >= 4 is 17.7 Å². The monoisotopic (exact) mass is 190 g/mol. The molecule has 12 heavy (non-hydrogen) atoms. The minimum atomic E-state index is -0.471. The number of carbonyl (C=O) groups excluding carboxylic acids is 1. The highest BCUT2D eigenvalue weighted by Gasteiger charge is 2.09. The number of thioether (sulfide) groups is 1. The number of rotatable bonds is 6.